The van der Waals surface area contributed by atoms with Gasteiger partial charge in [-0.2, -0.15) is 0 Å². The summed E-state index contributed by atoms with van der Waals surface area (Å²) in [6.45, 7) is 3.80. The second-order valence-corrected chi connectivity index (χ2v) is 2.48. The van der Waals surface area contributed by atoms with Gasteiger partial charge in [0.1, 0.15) is 6.10 Å². The van der Waals surface area contributed by atoms with Gasteiger partial charge in [0, 0.05) is 5.69 Å². The Bertz CT molecular complexity index is 237. The van der Waals surface area contributed by atoms with Crippen molar-refractivity contribution in [3.05, 3.63) is 29.6 Å². The van der Waals surface area contributed by atoms with Crippen molar-refractivity contribution in [1.82, 2.24) is 4.98 Å². The van der Waals surface area contributed by atoms with Gasteiger partial charge >= 0.3 is 0 Å². The average molecular weight is 152 g/mol. The van der Waals surface area contributed by atoms with Crippen molar-refractivity contribution in [2.24, 2.45) is 5.90 Å². The lowest BCUT2D eigenvalue weighted by atomic mass is 10.2. The zero-order chi connectivity index (χ0) is 8.27. The molecule has 1 rings (SSSR count). The van der Waals surface area contributed by atoms with E-state index in [4.69, 9.17) is 5.90 Å². The van der Waals surface area contributed by atoms with Crippen LogP contribution < -0.4 is 5.90 Å². The van der Waals surface area contributed by atoms with E-state index in [0.717, 1.165) is 11.4 Å². The molecule has 60 valence electrons. The largest absolute Gasteiger partial charge is 0.295 e. The van der Waals surface area contributed by atoms with Crippen LogP contribution in [0.25, 0.3) is 0 Å². The maximum absolute atomic E-state index is 5.01. The summed E-state index contributed by atoms with van der Waals surface area (Å²) in [5, 5.41) is 0. The number of aryl methyl sites for hydroxylation is 1. The lowest BCUT2D eigenvalue weighted by molar-refractivity contribution is 0.0633. The molecule has 0 aliphatic heterocycles. The number of nitrogens with two attached hydrogens (primary N) is 1. The number of aromatic nitrogens is 1. The first-order valence-corrected chi connectivity index (χ1v) is 3.53. The minimum Gasteiger partial charge on any atom is -0.295 e. The molecule has 0 aliphatic carbocycles. The Labute approximate surface area is 66.2 Å². The van der Waals surface area contributed by atoms with E-state index in [0.29, 0.717) is 0 Å². The molecule has 0 bridgehead atoms. The molecule has 1 unspecified atom stereocenters. The first kappa shape index (κ1) is 8.17. The molecule has 0 spiro atoms. The van der Waals surface area contributed by atoms with Crippen LogP contribution in [0.1, 0.15) is 24.4 Å². The van der Waals surface area contributed by atoms with Crippen LogP contribution in [0.4, 0.5) is 0 Å². The number of nitrogens with zero attached hydrogens (tertiary/aromatic N) is 1. The lowest BCUT2D eigenvalue weighted by Gasteiger charge is -2.07. The van der Waals surface area contributed by atoms with Gasteiger partial charge in [0.05, 0.1) is 5.69 Å². The van der Waals surface area contributed by atoms with Gasteiger partial charge in [0.25, 0.3) is 0 Å². The van der Waals surface area contributed by atoms with Gasteiger partial charge in [-0.3, -0.25) is 9.82 Å². The van der Waals surface area contributed by atoms with Crippen molar-refractivity contribution in [2.45, 2.75) is 20.0 Å². The molecule has 2 N–H and O–H groups in total. The number of pyridine rings is 1. The van der Waals surface area contributed by atoms with E-state index in [-0.39, 0.29) is 6.10 Å². The predicted molar refractivity (Wildman–Crippen MR) is 42.7 cm³/mol. The van der Waals surface area contributed by atoms with Gasteiger partial charge in [-0.1, -0.05) is 6.07 Å². The molecule has 11 heavy (non-hydrogen) atoms. The van der Waals surface area contributed by atoms with Crippen LogP contribution in [0.5, 0.6) is 0 Å². The number of hydrogen-bond donors (Lipinski definition) is 1. The summed E-state index contributed by atoms with van der Waals surface area (Å²) in [6, 6.07) is 5.77. The van der Waals surface area contributed by atoms with Crippen molar-refractivity contribution < 1.29 is 4.84 Å². The fraction of sp³-hybridized carbons (Fsp3) is 0.375. The molecule has 0 aromatic carbocycles. The van der Waals surface area contributed by atoms with Gasteiger partial charge < -0.3 is 0 Å². The highest BCUT2D eigenvalue weighted by Crippen LogP contribution is 2.11. The van der Waals surface area contributed by atoms with Crippen LogP contribution in [0.2, 0.25) is 0 Å². The molecule has 1 aromatic rings. The normalized spacial score (nSPS) is 13.0. The summed E-state index contributed by atoms with van der Waals surface area (Å²) in [4.78, 5) is 8.87. The average Bonchev–Trinajstić information content (AvgIpc) is 2.03. The van der Waals surface area contributed by atoms with Crippen molar-refractivity contribution in [2.75, 3.05) is 0 Å². The lowest BCUT2D eigenvalue weighted by Crippen LogP contribution is -2.07. The second-order valence-electron chi connectivity index (χ2n) is 2.48. The maximum Gasteiger partial charge on any atom is 0.118 e. The van der Waals surface area contributed by atoms with E-state index in [1.807, 2.05) is 32.0 Å². The van der Waals surface area contributed by atoms with Crippen molar-refractivity contribution >= 4 is 0 Å². The van der Waals surface area contributed by atoms with Gasteiger partial charge in [-0.25, -0.2) is 5.90 Å². The molecular weight excluding hydrogens is 140 g/mol. The summed E-state index contributed by atoms with van der Waals surface area (Å²) in [6.07, 6.45) is -0.130. The highest BCUT2D eigenvalue weighted by Gasteiger charge is 2.04. The molecule has 0 saturated heterocycles. The molecule has 1 aromatic heterocycles. The molecule has 1 heterocycles. The fourth-order valence-corrected chi connectivity index (χ4v) is 0.860. The van der Waals surface area contributed by atoms with Gasteiger partial charge in [-0.05, 0) is 26.0 Å². The number of hydrogen-bond acceptors (Lipinski definition) is 3. The maximum atomic E-state index is 5.01. The zero-order valence-corrected chi connectivity index (χ0v) is 6.74. The summed E-state index contributed by atoms with van der Waals surface area (Å²) in [5.41, 5.74) is 1.85. The smallest absolute Gasteiger partial charge is 0.118 e. The molecule has 0 aliphatic rings. The molecule has 0 fully saturated rings. The van der Waals surface area contributed by atoms with E-state index < -0.39 is 0 Å². The van der Waals surface area contributed by atoms with Crippen molar-refractivity contribution in [3.8, 4) is 0 Å². The van der Waals surface area contributed by atoms with Crippen molar-refractivity contribution in [1.29, 1.82) is 0 Å². The third kappa shape index (κ3) is 2.00. The molecule has 0 radical (unpaired) electrons. The third-order valence-corrected chi connectivity index (χ3v) is 1.53. The molecule has 1 atom stereocenters. The Morgan fingerprint density at radius 2 is 2.27 bits per heavy atom. The predicted octanol–water partition coefficient (Wildman–Crippen LogP) is 1.34. The Morgan fingerprint density at radius 3 is 2.82 bits per heavy atom. The molecule has 0 amide bonds. The van der Waals surface area contributed by atoms with Crippen LogP contribution in [0.3, 0.4) is 0 Å². The quantitative estimate of drug-likeness (QED) is 0.650. The summed E-state index contributed by atoms with van der Waals surface area (Å²) in [7, 11) is 0. The first-order chi connectivity index (χ1) is 5.24. The Balaban J connectivity index is 2.86. The summed E-state index contributed by atoms with van der Waals surface area (Å²) >= 11 is 0. The minimum absolute atomic E-state index is 0.130. The van der Waals surface area contributed by atoms with Crippen LogP contribution in [0.15, 0.2) is 18.2 Å². The van der Waals surface area contributed by atoms with E-state index in [9.17, 15) is 0 Å². The van der Waals surface area contributed by atoms with Crippen LogP contribution in [-0.2, 0) is 4.84 Å². The van der Waals surface area contributed by atoms with Gasteiger partial charge in [-0.15, -0.1) is 0 Å². The standard InChI is InChI=1S/C8H12N2O/c1-6-4-3-5-8(10-6)7(2)11-9/h3-5,7H,9H2,1-2H3. The summed E-state index contributed by atoms with van der Waals surface area (Å²) < 4.78 is 0. The monoisotopic (exact) mass is 152 g/mol. The number of rotatable bonds is 2. The second kappa shape index (κ2) is 3.46. The van der Waals surface area contributed by atoms with E-state index in [1.54, 1.807) is 0 Å². The van der Waals surface area contributed by atoms with Crippen LogP contribution in [-0.4, -0.2) is 4.98 Å². The Morgan fingerprint density at radius 1 is 1.55 bits per heavy atom. The van der Waals surface area contributed by atoms with Crippen molar-refractivity contribution in [3.63, 3.8) is 0 Å². The van der Waals surface area contributed by atoms with Crippen LogP contribution >= 0.6 is 0 Å². The van der Waals surface area contributed by atoms with E-state index in [1.165, 1.54) is 0 Å². The topological polar surface area (TPSA) is 48.1 Å². The fourth-order valence-electron chi connectivity index (χ4n) is 0.860. The van der Waals surface area contributed by atoms with Crippen LogP contribution in [0, 0.1) is 6.92 Å². The third-order valence-electron chi connectivity index (χ3n) is 1.53. The highest BCUT2D eigenvalue weighted by atomic mass is 16.6. The zero-order valence-electron chi connectivity index (χ0n) is 6.74. The molecule has 0 saturated carbocycles. The van der Waals surface area contributed by atoms with E-state index >= 15 is 0 Å². The van der Waals surface area contributed by atoms with Gasteiger partial charge in [0.2, 0.25) is 0 Å². The highest BCUT2D eigenvalue weighted by molar-refractivity contribution is 5.11. The Kier molecular flexibility index (Phi) is 2.57. The SMILES string of the molecule is Cc1cccc(C(C)ON)n1. The Hall–Kier alpha value is -0.930. The molecule has 3 heteroatoms. The molecule has 3 nitrogen and oxygen atoms in total. The van der Waals surface area contributed by atoms with E-state index in [2.05, 4.69) is 9.82 Å². The van der Waals surface area contributed by atoms with Gasteiger partial charge in [0.15, 0.2) is 0 Å². The minimum atomic E-state index is -0.130. The molecular formula is C8H12N2O. The summed E-state index contributed by atoms with van der Waals surface area (Å²) in [5.74, 6) is 5.01. The first-order valence-electron chi connectivity index (χ1n) is 3.53.